The first kappa shape index (κ1) is 20.5. The number of hydrogen-bond acceptors (Lipinski definition) is 6. The number of ether oxygens (including phenoxy) is 1. The third kappa shape index (κ3) is 4.28. The van der Waals surface area contributed by atoms with E-state index in [2.05, 4.69) is 35.6 Å². The summed E-state index contributed by atoms with van der Waals surface area (Å²) in [5.41, 5.74) is 1.11. The second-order valence-corrected chi connectivity index (χ2v) is 9.92. The van der Waals surface area contributed by atoms with Gasteiger partial charge in [-0.2, -0.15) is 9.29 Å². The Hall–Kier alpha value is -2.19. The molecule has 1 fully saturated rings. The van der Waals surface area contributed by atoms with Crippen molar-refractivity contribution in [3.8, 4) is 5.88 Å². The second-order valence-electron chi connectivity index (χ2n) is 7.98. The zero-order valence-electron chi connectivity index (χ0n) is 17.1. The summed E-state index contributed by atoms with van der Waals surface area (Å²) in [5, 5.41) is 0. The molecule has 1 aromatic carbocycles. The molecule has 0 aliphatic carbocycles. The Morgan fingerprint density at radius 1 is 1.00 bits per heavy atom. The zero-order chi connectivity index (χ0) is 20.5. The summed E-state index contributed by atoms with van der Waals surface area (Å²) in [5.74, 6) is 1.90. The van der Waals surface area contributed by atoms with E-state index in [0.29, 0.717) is 42.8 Å². The van der Waals surface area contributed by atoms with Crippen molar-refractivity contribution in [3.63, 3.8) is 0 Å². The van der Waals surface area contributed by atoms with Gasteiger partial charge in [0.15, 0.2) is 0 Å². The highest BCUT2D eigenvalue weighted by molar-refractivity contribution is 7.89. The predicted octanol–water partition coefficient (Wildman–Crippen LogP) is 2.60. The molecule has 2 aromatic rings. The van der Waals surface area contributed by atoms with Gasteiger partial charge < -0.3 is 9.64 Å². The van der Waals surface area contributed by atoms with Gasteiger partial charge in [0.2, 0.25) is 15.9 Å². The number of aryl methyl sites for hydroxylation is 1. The predicted molar refractivity (Wildman–Crippen MR) is 109 cm³/mol. The molecule has 152 valence electrons. The van der Waals surface area contributed by atoms with Crippen molar-refractivity contribution in [2.45, 2.75) is 38.0 Å². The summed E-state index contributed by atoms with van der Waals surface area (Å²) < 4.78 is 32.8. The van der Waals surface area contributed by atoms with Crippen LogP contribution >= 0.6 is 0 Å². The van der Waals surface area contributed by atoms with Crippen LogP contribution in [0.1, 0.15) is 32.2 Å². The highest BCUT2D eigenvalue weighted by Crippen LogP contribution is 2.26. The Morgan fingerprint density at radius 2 is 1.61 bits per heavy atom. The molecule has 0 atom stereocenters. The third-order valence-electron chi connectivity index (χ3n) is 4.93. The molecule has 7 nitrogen and oxygen atoms in total. The number of benzene rings is 1. The Kier molecular flexibility index (Phi) is 5.63. The summed E-state index contributed by atoms with van der Waals surface area (Å²) in [6, 6.07) is 9.00. The molecule has 0 spiro atoms. The number of hydrogen-bond donors (Lipinski definition) is 0. The van der Waals surface area contributed by atoms with Gasteiger partial charge in [-0.05, 0) is 30.0 Å². The van der Waals surface area contributed by atoms with Gasteiger partial charge in [0.25, 0.3) is 0 Å². The molecular weight excluding hydrogens is 376 g/mol. The molecule has 3 rings (SSSR count). The van der Waals surface area contributed by atoms with E-state index >= 15 is 0 Å². The van der Waals surface area contributed by atoms with Crippen LogP contribution in [0.3, 0.4) is 0 Å². The minimum atomic E-state index is -3.50. The topological polar surface area (TPSA) is 75.6 Å². The van der Waals surface area contributed by atoms with Crippen molar-refractivity contribution in [2.24, 2.45) is 0 Å². The van der Waals surface area contributed by atoms with Crippen LogP contribution in [0.25, 0.3) is 0 Å². The lowest BCUT2D eigenvalue weighted by molar-refractivity contribution is 0.380. The minimum Gasteiger partial charge on any atom is -0.481 e. The van der Waals surface area contributed by atoms with E-state index in [1.54, 1.807) is 29.6 Å². The van der Waals surface area contributed by atoms with Gasteiger partial charge in [0, 0.05) is 32.2 Å². The summed E-state index contributed by atoms with van der Waals surface area (Å²) >= 11 is 0. The highest BCUT2D eigenvalue weighted by atomic mass is 32.2. The standard InChI is InChI=1S/C20H28N4O3S/c1-15-21-18(14-19(22-15)27-5)23-10-12-24(13-11-23)28(25,26)17-8-6-16(7-9-17)20(2,3)4/h6-9,14H,10-13H2,1-5H3. The maximum atomic E-state index is 13.0. The van der Waals surface area contributed by atoms with Gasteiger partial charge >= 0.3 is 0 Å². The van der Waals surface area contributed by atoms with Gasteiger partial charge in [0.05, 0.1) is 12.0 Å². The quantitative estimate of drug-likeness (QED) is 0.780. The fraction of sp³-hybridized carbons (Fsp3) is 0.500. The number of nitrogens with zero attached hydrogens (tertiary/aromatic N) is 4. The van der Waals surface area contributed by atoms with E-state index in [1.807, 2.05) is 19.1 Å². The average Bonchev–Trinajstić information content (AvgIpc) is 2.67. The van der Waals surface area contributed by atoms with Crippen LogP contribution in [0.15, 0.2) is 35.2 Å². The van der Waals surface area contributed by atoms with Crippen LogP contribution in [0.5, 0.6) is 5.88 Å². The lowest BCUT2D eigenvalue weighted by Gasteiger charge is -2.34. The molecule has 28 heavy (non-hydrogen) atoms. The maximum Gasteiger partial charge on any atom is 0.243 e. The Labute approximate surface area is 167 Å². The Balaban J connectivity index is 1.72. The molecule has 2 heterocycles. The largest absolute Gasteiger partial charge is 0.481 e. The Bertz CT molecular complexity index is 929. The van der Waals surface area contributed by atoms with Crippen molar-refractivity contribution in [2.75, 3.05) is 38.2 Å². The van der Waals surface area contributed by atoms with Gasteiger partial charge in [-0.25, -0.2) is 13.4 Å². The van der Waals surface area contributed by atoms with E-state index < -0.39 is 10.0 Å². The molecule has 0 saturated carbocycles. The number of methoxy groups -OCH3 is 1. The molecule has 1 aromatic heterocycles. The summed E-state index contributed by atoms with van der Waals surface area (Å²) in [4.78, 5) is 11.1. The van der Waals surface area contributed by atoms with Crippen LogP contribution in [0.2, 0.25) is 0 Å². The average molecular weight is 405 g/mol. The molecule has 0 N–H and O–H groups in total. The summed E-state index contributed by atoms with van der Waals surface area (Å²) in [6.07, 6.45) is 0. The molecule has 1 aliphatic heterocycles. The lowest BCUT2D eigenvalue weighted by atomic mass is 9.87. The minimum absolute atomic E-state index is 0.00928. The first-order chi connectivity index (χ1) is 13.1. The number of rotatable bonds is 4. The highest BCUT2D eigenvalue weighted by Gasteiger charge is 2.29. The molecule has 8 heteroatoms. The SMILES string of the molecule is COc1cc(N2CCN(S(=O)(=O)c3ccc(C(C)(C)C)cc3)CC2)nc(C)n1. The van der Waals surface area contributed by atoms with E-state index in [-0.39, 0.29) is 5.41 Å². The smallest absolute Gasteiger partial charge is 0.243 e. The number of aromatic nitrogens is 2. The van der Waals surface area contributed by atoms with Crippen LogP contribution in [-0.2, 0) is 15.4 Å². The fourth-order valence-corrected chi connectivity index (χ4v) is 4.65. The molecule has 0 bridgehead atoms. The zero-order valence-corrected chi connectivity index (χ0v) is 18.0. The third-order valence-corrected chi connectivity index (χ3v) is 6.84. The molecule has 0 radical (unpaired) electrons. The first-order valence-corrected chi connectivity index (χ1v) is 10.8. The number of sulfonamides is 1. The normalized spacial score (nSPS) is 16.2. The molecule has 1 aliphatic rings. The van der Waals surface area contributed by atoms with Crippen molar-refractivity contribution in [3.05, 3.63) is 41.7 Å². The molecule has 0 amide bonds. The van der Waals surface area contributed by atoms with Crippen molar-refractivity contribution in [1.82, 2.24) is 14.3 Å². The van der Waals surface area contributed by atoms with E-state index in [4.69, 9.17) is 4.74 Å². The van der Waals surface area contributed by atoms with E-state index in [1.165, 1.54) is 0 Å². The first-order valence-electron chi connectivity index (χ1n) is 9.36. The maximum absolute atomic E-state index is 13.0. The number of piperazine rings is 1. The number of anilines is 1. The van der Waals surface area contributed by atoms with Crippen LogP contribution in [-0.4, -0.2) is 56.0 Å². The van der Waals surface area contributed by atoms with Gasteiger partial charge in [-0.1, -0.05) is 32.9 Å². The lowest BCUT2D eigenvalue weighted by Crippen LogP contribution is -2.49. The molecule has 1 saturated heterocycles. The molecule has 0 unspecified atom stereocenters. The van der Waals surface area contributed by atoms with Crippen molar-refractivity contribution < 1.29 is 13.2 Å². The summed E-state index contributed by atoms with van der Waals surface area (Å²) in [7, 11) is -1.93. The Morgan fingerprint density at radius 3 is 2.14 bits per heavy atom. The van der Waals surface area contributed by atoms with Crippen molar-refractivity contribution in [1.29, 1.82) is 0 Å². The van der Waals surface area contributed by atoms with Crippen LogP contribution in [0.4, 0.5) is 5.82 Å². The van der Waals surface area contributed by atoms with E-state index in [0.717, 1.165) is 11.4 Å². The fourth-order valence-electron chi connectivity index (χ4n) is 3.23. The second kappa shape index (κ2) is 7.67. The van der Waals surface area contributed by atoms with Gasteiger partial charge in [-0.3, -0.25) is 0 Å². The van der Waals surface area contributed by atoms with Crippen molar-refractivity contribution >= 4 is 15.8 Å². The van der Waals surface area contributed by atoms with Crippen LogP contribution in [0, 0.1) is 6.92 Å². The summed E-state index contributed by atoms with van der Waals surface area (Å²) in [6.45, 7) is 10.1. The van der Waals surface area contributed by atoms with Crippen LogP contribution < -0.4 is 9.64 Å². The molecular formula is C20H28N4O3S. The van der Waals surface area contributed by atoms with Gasteiger partial charge in [-0.15, -0.1) is 0 Å². The van der Waals surface area contributed by atoms with E-state index in [9.17, 15) is 8.42 Å². The van der Waals surface area contributed by atoms with Gasteiger partial charge in [0.1, 0.15) is 11.6 Å². The monoisotopic (exact) mass is 404 g/mol.